The largest absolute Gasteiger partial charge is 0.481 e. The first-order chi connectivity index (χ1) is 10.1. The van der Waals surface area contributed by atoms with Gasteiger partial charge in [-0.2, -0.15) is 0 Å². The maximum absolute atomic E-state index is 11.4. The molecule has 6 heteroatoms. The summed E-state index contributed by atoms with van der Waals surface area (Å²) in [5, 5.41) is 23.5. The summed E-state index contributed by atoms with van der Waals surface area (Å²) in [5.41, 5.74) is 0.883. The van der Waals surface area contributed by atoms with E-state index < -0.39 is 10.9 Å². The molecule has 0 saturated heterocycles. The van der Waals surface area contributed by atoms with Crippen molar-refractivity contribution in [3.05, 3.63) is 39.9 Å². The lowest BCUT2D eigenvalue weighted by molar-refractivity contribution is -0.384. The van der Waals surface area contributed by atoms with Crippen molar-refractivity contribution in [3.8, 4) is 0 Å². The standard InChI is InChI=1S/C15H18N2O4/c18-15(19)13-10-4-5-11(7-10)14(13)16-8-9-2-1-3-12(6-9)17(20)21/h1-3,6,10-11,13-14,16H,4-5,7-8H2,(H,18,19). The summed E-state index contributed by atoms with van der Waals surface area (Å²) in [6.45, 7) is 0.472. The zero-order chi connectivity index (χ0) is 15.0. The molecule has 0 heterocycles. The molecule has 1 aromatic carbocycles. The molecular formula is C15H18N2O4. The molecule has 0 aromatic heterocycles. The number of fused-ring (bicyclic) bond motifs is 2. The maximum atomic E-state index is 11.4. The predicted molar refractivity (Wildman–Crippen MR) is 75.7 cm³/mol. The third-order valence-electron chi connectivity index (χ3n) is 4.86. The van der Waals surface area contributed by atoms with Crippen LogP contribution in [0.4, 0.5) is 5.69 Å². The number of nitrogens with one attached hydrogen (secondary N) is 1. The highest BCUT2D eigenvalue weighted by atomic mass is 16.6. The van der Waals surface area contributed by atoms with E-state index in [-0.39, 0.29) is 23.6 Å². The summed E-state index contributed by atoms with van der Waals surface area (Å²) in [4.78, 5) is 21.8. The Morgan fingerprint density at radius 2 is 2.14 bits per heavy atom. The van der Waals surface area contributed by atoms with E-state index in [1.54, 1.807) is 6.07 Å². The van der Waals surface area contributed by atoms with E-state index >= 15 is 0 Å². The highest BCUT2D eigenvalue weighted by Crippen LogP contribution is 2.48. The minimum atomic E-state index is -0.723. The summed E-state index contributed by atoms with van der Waals surface area (Å²) in [7, 11) is 0. The van der Waals surface area contributed by atoms with Crippen LogP contribution in [0.25, 0.3) is 0 Å². The number of non-ortho nitro benzene ring substituents is 1. The summed E-state index contributed by atoms with van der Waals surface area (Å²) in [6.07, 6.45) is 3.08. The van der Waals surface area contributed by atoms with Gasteiger partial charge in [0.2, 0.25) is 0 Å². The molecule has 112 valence electrons. The highest BCUT2D eigenvalue weighted by Gasteiger charge is 2.50. The molecule has 0 aliphatic heterocycles. The van der Waals surface area contributed by atoms with Gasteiger partial charge < -0.3 is 10.4 Å². The SMILES string of the molecule is O=C(O)C1C2CCC(C2)C1NCc1cccc([N+](=O)[O-])c1. The maximum Gasteiger partial charge on any atom is 0.308 e. The minimum absolute atomic E-state index is 0.0134. The van der Waals surface area contributed by atoms with Crippen molar-refractivity contribution >= 4 is 11.7 Å². The molecule has 4 atom stereocenters. The van der Waals surface area contributed by atoms with Gasteiger partial charge in [0.25, 0.3) is 5.69 Å². The van der Waals surface area contributed by atoms with Crippen molar-refractivity contribution in [1.29, 1.82) is 0 Å². The minimum Gasteiger partial charge on any atom is -0.481 e. The molecule has 3 rings (SSSR count). The van der Waals surface area contributed by atoms with E-state index in [4.69, 9.17) is 0 Å². The van der Waals surface area contributed by atoms with Gasteiger partial charge in [0, 0.05) is 24.7 Å². The smallest absolute Gasteiger partial charge is 0.308 e. The first kappa shape index (κ1) is 14.0. The second-order valence-corrected chi connectivity index (χ2v) is 6.03. The van der Waals surface area contributed by atoms with Crippen molar-refractivity contribution in [1.82, 2.24) is 5.32 Å². The third-order valence-corrected chi connectivity index (χ3v) is 4.86. The molecule has 4 unspecified atom stereocenters. The second-order valence-electron chi connectivity index (χ2n) is 6.03. The van der Waals surface area contributed by atoms with Crippen molar-refractivity contribution in [2.75, 3.05) is 0 Å². The number of rotatable bonds is 5. The molecule has 1 aromatic rings. The van der Waals surface area contributed by atoms with Gasteiger partial charge in [-0.05, 0) is 36.7 Å². The van der Waals surface area contributed by atoms with Crippen molar-refractivity contribution < 1.29 is 14.8 Å². The Hall–Kier alpha value is -1.95. The van der Waals surface area contributed by atoms with E-state index in [0.29, 0.717) is 12.5 Å². The summed E-state index contributed by atoms with van der Waals surface area (Å²) in [6, 6.07) is 6.46. The van der Waals surface area contributed by atoms with E-state index in [9.17, 15) is 20.0 Å². The summed E-state index contributed by atoms with van der Waals surface area (Å²) in [5.74, 6) is -0.328. The fourth-order valence-electron chi connectivity index (χ4n) is 3.96. The van der Waals surface area contributed by atoms with Gasteiger partial charge in [-0.25, -0.2) is 0 Å². The van der Waals surface area contributed by atoms with Crippen LogP contribution in [-0.2, 0) is 11.3 Å². The Kier molecular flexibility index (Phi) is 3.63. The van der Waals surface area contributed by atoms with Crippen LogP contribution in [0.5, 0.6) is 0 Å². The van der Waals surface area contributed by atoms with Gasteiger partial charge in [0.1, 0.15) is 0 Å². The zero-order valence-corrected chi connectivity index (χ0v) is 11.6. The predicted octanol–water partition coefficient (Wildman–Crippen LogP) is 2.18. The van der Waals surface area contributed by atoms with Crippen LogP contribution in [0, 0.1) is 27.9 Å². The fraction of sp³-hybridized carbons (Fsp3) is 0.533. The zero-order valence-electron chi connectivity index (χ0n) is 11.6. The lowest BCUT2D eigenvalue weighted by Gasteiger charge is -2.29. The van der Waals surface area contributed by atoms with Crippen LogP contribution in [0.3, 0.4) is 0 Å². The topological polar surface area (TPSA) is 92.5 Å². The molecule has 2 bridgehead atoms. The van der Waals surface area contributed by atoms with Crippen LogP contribution in [0.2, 0.25) is 0 Å². The number of nitro groups is 1. The molecule has 0 spiro atoms. The lowest BCUT2D eigenvalue weighted by Crippen LogP contribution is -2.43. The van der Waals surface area contributed by atoms with Gasteiger partial charge in [0.15, 0.2) is 0 Å². The summed E-state index contributed by atoms with van der Waals surface area (Å²) < 4.78 is 0. The number of carboxylic acid groups (broad SMARTS) is 1. The second kappa shape index (κ2) is 5.44. The van der Waals surface area contributed by atoms with Crippen LogP contribution in [0.15, 0.2) is 24.3 Å². The monoisotopic (exact) mass is 290 g/mol. The van der Waals surface area contributed by atoms with Gasteiger partial charge in [-0.15, -0.1) is 0 Å². The van der Waals surface area contributed by atoms with Crippen LogP contribution in [-0.4, -0.2) is 22.0 Å². The quantitative estimate of drug-likeness (QED) is 0.640. The normalized spacial score (nSPS) is 30.5. The van der Waals surface area contributed by atoms with E-state index in [1.165, 1.54) is 12.1 Å². The molecule has 0 amide bonds. The lowest BCUT2D eigenvalue weighted by atomic mass is 9.84. The number of carboxylic acids is 1. The van der Waals surface area contributed by atoms with Gasteiger partial charge in [0.05, 0.1) is 10.8 Å². The number of aliphatic carboxylic acids is 1. The highest BCUT2D eigenvalue weighted by molar-refractivity contribution is 5.72. The number of hydrogen-bond acceptors (Lipinski definition) is 4. The van der Waals surface area contributed by atoms with E-state index in [1.807, 2.05) is 6.07 Å². The average Bonchev–Trinajstić information content (AvgIpc) is 3.05. The Balaban J connectivity index is 1.68. The molecule has 2 aliphatic rings. The first-order valence-electron chi connectivity index (χ1n) is 7.26. The summed E-state index contributed by atoms with van der Waals surface area (Å²) >= 11 is 0. The number of nitro benzene ring substituents is 1. The molecule has 2 fully saturated rings. The van der Waals surface area contributed by atoms with Crippen LogP contribution >= 0.6 is 0 Å². The average molecular weight is 290 g/mol. The van der Waals surface area contributed by atoms with Crippen molar-refractivity contribution in [2.45, 2.75) is 31.8 Å². The van der Waals surface area contributed by atoms with E-state index in [2.05, 4.69) is 5.32 Å². The number of carbonyl (C=O) groups is 1. The Morgan fingerprint density at radius 1 is 1.38 bits per heavy atom. The molecule has 2 N–H and O–H groups in total. The van der Waals surface area contributed by atoms with Crippen molar-refractivity contribution in [3.63, 3.8) is 0 Å². The molecule has 0 radical (unpaired) electrons. The van der Waals surface area contributed by atoms with Gasteiger partial charge in [-0.3, -0.25) is 14.9 Å². The fourth-order valence-corrected chi connectivity index (χ4v) is 3.96. The van der Waals surface area contributed by atoms with Crippen LogP contribution in [0.1, 0.15) is 24.8 Å². The van der Waals surface area contributed by atoms with E-state index in [0.717, 1.165) is 24.8 Å². The molecule has 6 nitrogen and oxygen atoms in total. The first-order valence-corrected chi connectivity index (χ1v) is 7.26. The number of nitrogens with zero attached hydrogens (tertiary/aromatic N) is 1. The van der Waals surface area contributed by atoms with Gasteiger partial charge >= 0.3 is 5.97 Å². The Morgan fingerprint density at radius 3 is 2.86 bits per heavy atom. The molecule has 21 heavy (non-hydrogen) atoms. The van der Waals surface area contributed by atoms with Gasteiger partial charge in [-0.1, -0.05) is 12.1 Å². The molecular weight excluding hydrogens is 272 g/mol. The molecule has 2 saturated carbocycles. The Bertz CT molecular complexity index is 575. The van der Waals surface area contributed by atoms with Crippen LogP contribution < -0.4 is 5.32 Å². The third kappa shape index (κ3) is 2.63. The van der Waals surface area contributed by atoms with Crippen molar-refractivity contribution in [2.24, 2.45) is 17.8 Å². The Labute approximate surface area is 122 Å². The number of benzene rings is 1. The number of hydrogen-bond donors (Lipinski definition) is 2. The molecule has 2 aliphatic carbocycles.